The molecule has 0 aliphatic carbocycles. The summed E-state index contributed by atoms with van der Waals surface area (Å²) in [5.74, 6) is 0. The molecule has 0 fully saturated rings. The average molecular weight is 265 g/mol. The van der Waals surface area contributed by atoms with Crippen molar-refractivity contribution in [2.75, 3.05) is 0 Å². The molecule has 0 atom stereocenters. The van der Waals surface area contributed by atoms with E-state index in [1.807, 2.05) is 35.0 Å². The molecule has 2 aromatic heterocycles. The van der Waals surface area contributed by atoms with Crippen LogP contribution in [0.15, 0.2) is 35.0 Å². The largest absolute Gasteiger partial charge is 0.329 e. The molecule has 68 valence electrons. The van der Waals surface area contributed by atoms with Gasteiger partial charge >= 0.3 is 6.69 Å². The van der Waals surface area contributed by atoms with Crippen LogP contribution < -0.4 is 9.00 Å². The summed E-state index contributed by atoms with van der Waals surface area (Å²) in [7, 11) is 0. The molecule has 0 nitrogen and oxygen atoms in total. The summed E-state index contributed by atoms with van der Waals surface area (Å²) in [5, 5.41) is 4.02. The van der Waals surface area contributed by atoms with E-state index in [1.54, 1.807) is 22.7 Å². The van der Waals surface area contributed by atoms with Crippen molar-refractivity contribution in [2.24, 2.45) is 0 Å². The summed E-state index contributed by atoms with van der Waals surface area (Å²) < 4.78 is 2.22. The second-order valence-electron chi connectivity index (χ2n) is 2.53. The summed E-state index contributed by atoms with van der Waals surface area (Å²) in [6.07, 6.45) is 0. The monoisotopic (exact) mass is 264 g/mol. The fourth-order valence-corrected chi connectivity index (χ4v) is 7.62. The molecule has 0 aromatic carbocycles. The maximum atomic E-state index is 6.39. The van der Waals surface area contributed by atoms with Crippen molar-refractivity contribution in [2.45, 2.75) is 0 Å². The molecule has 0 saturated heterocycles. The lowest BCUT2D eigenvalue weighted by atomic mass is 10.7. The highest BCUT2D eigenvalue weighted by Crippen LogP contribution is 2.19. The van der Waals surface area contributed by atoms with Crippen molar-refractivity contribution < 1.29 is 0 Å². The van der Waals surface area contributed by atoms with Crippen molar-refractivity contribution in [3.05, 3.63) is 35.0 Å². The van der Waals surface area contributed by atoms with E-state index in [0.717, 1.165) is 9.00 Å². The van der Waals surface area contributed by atoms with Crippen molar-refractivity contribution >= 4 is 60.5 Å². The van der Waals surface area contributed by atoms with E-state index >= 15 is 0 Å². The third-order valence-electron chi connectivity index (χ3n) is 1.66. The van der Waals surface area contributed by atoms with Gasteiger partial charge in [0.05, 0.1) is 0 Å². The van der Waals surface area contributed by atoms with Crippen molar-refractivity contribution in [3.8, 4) is 0 Å². The van der Waals surface area contributed by atoms with Gasteiger partial charge in [-0.1, -0.05) is 12.1 Å². The average Bonchev–Trinajstić information content (AvgIpc) is 2.78. The Balaban J connectivity index is 2.42. The first-order valence-electron chi connectivity index (χ1n) is 3.67. The number of thiophene rings is 2. The molecule has 2 heterocycles. The molecule has 0 N–H and O–H groups in total. The summed E-state index contributed by atoms with van der Waals surface area (Å²) in [5.41, 5.74) is 0. The topological polar surface area (TPSA) is 0 Å². The number of halogens is 2. The predicted molar refractivity (Wildman–Crippen MR) is 65.4 cm³/mol. The van der Waals surface area contributed by atoms with Crippen LogP contribution in [0, 0.1) is 0 Å². The zero-order valence-electron chi connectivity index (χ0n) is 6.54. The summed E-state index contributed by atoms with van der Waals surface area (Å²) in [6, 6.07) is 7.99. The van der Waals surface area contributed by atoms with Gasteiger partial charge in [-0.3, -0.25) is 0 Å². The van der Waals surface area contributed by atoms with Gasteiger partial charge in [0.2, 0.25) is 0 Å². The Kier molecular flexibility index (Phi) is 2.81. The minimum atomic E-state index is -2.37. The minimum absolute atomic E-state index is 1.11. The van der Waals surface area contributed by atoms with Crippen LogP contribution in [0.4, 0.5) is 0 Å². The van der Waals surface area contributed by atoms with Crippen LogP contribution in [0.1, 0.15) is 0 Å². The highest BCUT2D eigenvalue weighted by atomic mass is 35.7. The predicted octanol–water partition coefficient (Wildman–Crippen LogP) is 2.84. The highest BCUT2D eigenvalue weighted by Gasteiger charge is 2.35. The first kappa shape index (κ1) is 9.74. The minimum Gasteiger partial charge on any atom is -0.150 e. The third kappa shape index (κ3) is 1.85. The zero-order valence-corrected chi connectivity index (χ0v) is 10.7. The lowest BCUT2D eigenvalue weighted by molar-refractivity contribution is 2.04. The van der Waals surface area contributed by atoms with Gasteiger partial charge in [-0.05, 0) is 22.9 Å². The van der Waals surface area contributed by atoms with Gasteiger partial charge in [0, 0.05) is 9.00 Å². The van der Waals surface area contributed by atoms with E-state index in [0.29, 0.717) is 0 Å². The Morgan fingerprint density at radius 2 is 1.38 bits per heavy atom. The lowest BCUT2D eigenvalue weighted by Gasteiger charge is -2.11. The Hall–Kier alpha value is 0.197. The fraction of sp³-hybridized carbons (Fsp3) is 0. The Morgan fingerprint density at radius 3 is 1.69 bits per heavy atom. The Labute approximate surface area is 95.2 Å². The van der Waals surface area contributed by atoms with Gasteiger partial charge in [0.15, 0.2) is 0 Å². The molecular weight excluding hydrogens is 259 g/mol. The van der Waals surface area contributed by atoms with E-state index in [2.05, 4.69) is 0 Å². The third-order valence-corrected chi connectivity index (χ3v) is 10.9. The molecule has 0 unspecified atom stereocenters. The van der Waals surface area contributed by atoms with Gasteiger partial charge in [0.25, 0.3) is 0 Å². The van der Waals surface area contributed by atoms with E-state index in [1.165, 1.54) is 0 Å². The van der Waals surface area contributed by atoms with Crippen LogP contribution in [0.25, 0.3) is 0 Å². The van der Waals surface area contributed by atoms with Crippen LogP contribution >= 0.6 is 44.8 Å². The second-order valence-corrected chi connectivity index (χ2v) is 11.4. The standard InChI is InChI=1S/C8H6Cl2S2Si/c9-13(10,7-3-1-5-11-7)8-4-2-6-12-8/h1-6H. The van der Waals surface area contributed by atoms with E-state index in [-0.39, 0.29) is 0 Å². The molecule has 13 heavy (non-hydrogen) atoms. The van der Waals surface area contributed by atoms with Crippen LogP contribution in [0.5, 0.6) is 0 Å². The Morgan fingerprint density at radius 1 is 0.923 bits per heavy atom. The SMILES string of the molecule is Cl[Si](Cl)(c1cccs1)c1cccs1. The second kappa shape index (κ2) is 3.75. The highest BCUT2D eigenvalue weighted by molar-refractivity contribution is 7.65. The number of hydrogen-bond acceptors (Lipinski definition) is 2. The van der Waals surface area contributed by atoms with Gasteiger partial charge in [-0.2, -0.15) is 22.7 Å². The molecule has 0 aliphatic rings. The number of rotatable bonds is 2. The van der Waals surface area contributed by atoms with E-state index < -0.39 is 6.69 Å². The molecule has 2 rings (SSSR count). The van der Waals surface area contributed by atoms with E-state index in [4.69, 9.17) is 22.2 Å². The number of hydrogen-bond donors (Lipinski definition) is 0. The van der Waals surface area contributed by atoms with Crippen molar-refractivity contribution in [3.63, 3.8) is 0 Å². The first-order chi connectivity index (χ1) is 6.21. The quantitative estimate of drug-likeness (QED) is 0.578. The van der Waals surface area contributed by atoms with Crippen LogP contribution in [0.2, 0.25) is 0 Å². The smallest absolute Gasteiger partial charge is 0.150 e. The maximum Gasteiger partial charge on any atom is 0.329 e. The first-order valence-corrected chi connectivity index (χ1v) is 9.45. The van der Waals surface area contributed by atoms with Gasteiger partial charge in [0.1, 0.15) is 0 Å². The molecule has 0 amide bonds. The summed E-state index contributed by atoms with van der Waals surface area (Å²) >= 11 is 16.1. The Bertz CT molecular complexity index is 331. The van der Waals surface area contributed by atoms with Gasteiger partial charge in [-0.15, -0.1) is 22.2 Å². The molecule has 0 spiro atoms. The molecule has 0 bridgehead atoms. The maximum absolute atomic E-state index is 6.39. The zero-order chi connectivity index (χ0) is 9.31. The fourth-order valence-electron chi connectivity index (χ4n) is 1.04. The molecule has 0 saturated carbocycles. The molecule has 0 radical (unpaired) electrons. The summed E-state index contributed by atoms with van der Waals surface area (Å²) in [4.78, 5) is 0. The van der Waals surface area contributed by atoms with E-state index in [9.17, 15) is 0 Å². The summed E-state index contributed by atoms with van der Waals surface area (Å²) in [6.45, 7) is -2.37. The van der Waals surface area contributed by atoms with Crippen molar-refractivity contribution in [1.82, 2.24) is 0 Å². The molecular formula is C8H6Cl2S2Si. The molecule has 5 heteroatoms. The van der Waals surface area contributed by atoms with Crippen molar-refractivity contribution in [1.29, 1.82) is 0 Å². The van der Waals surface area contributed by atoms with Gasteiger partial charge in [-0.25, -0.2) is 0 Å². The van der Waals surface area contributed by atoms with Crippen LogP contribution in [-0.2, 0) is 0 Å². The van der Waals surface area contributed by atoms with Gasteiger partial charge < -0.3 is 0 Å². The van der Waals surface area contributed by atoms with Crippen LogP contribution in [0.3, 0.4) is 0 Å². The molecule has 0 aliphatic heterocycles. The normalized spacial score (nSPS) is 11.8. The molecule has 2 aromatic rings. The van der Waals surface area contributed by atoms with Crippen LogP contribution in [-0.4, -0.2) is 6.69 Å². The lowest BCUT2D eigenvalue weighted by Crippen LogP contribution is -2.45.